The molecule has 1 heterocycles. The van der Waals surface area contributed by atoms with Crippen molar-refractivity contribution in [2.75, 3.05) is 0 Å². The normalized spacial score (nSPS) is 46.0. The van der Waals surface area contributed by atoms with Crippen LogP contribution in [0.3, 0.4) is 0 Å². The zero-order chi connectivity index (χ0) is 8.82. The van der Waals surface area contributed by atoms with E-state index in [1.807, 2.05) is 0 Å². The van der Waals surface area contributed by atoms with Crippen LogP contribution in [-0.2, 0) is 19.5 Å². The molecular weight excluding hydrogens is 164 g/mol. The molecule has 2 fully saturated rings. The second-order valence-corrected chi connectivity index (χ2v) is 3.48. The molecule has 1 aliphatic carbocycles. The van der Waals surface area contributed by atoms with Crippen molar-refractivity contribution in [1.82, 2.24) is 0 Å². The predicted molar refractivity (Wildman–Crippen MR) is 35.6 cm³/mol. The highest BCUT2D eigenvalue weighted by Crippen LogP contribution is 2.53. The summed E-state index contributed by atoms with van der Waals surface area (Å²) < 4.78 is 0. The summed E-state index contributed by atoms with van der Waals surface area (Å²) in [6.45, 7) is 1.67. The van der Waals surface area contributed by atoms with E-state index in [4.69, 9.17) is 10.1 Å². The summed E-state index contributed by atoms with van der Waals surface area (Å²) in [6, 6.07) is 0. The van der Waals surface area contributed by atoms with Gasteiger partial charge in [-0.2, -0.15) is 4.89 Å². The minimum atomic E-state index is -1.26. The Bertz CT molecular complexity index is 228. The summed E-state index contributed by atoms with van der Waals surface area (Å²) >= 11 is 0. The van der Waals surface area contributed by atoms with Gasteiger partial charge in [-0.05, 0) is 19.8 Å². The van der Waals surface area contributed by atoms with Gasteiger partial charge >= 0.3 is 5.97 Å². The molecule has 0 unspecified atom stereocenters. The molecule has 0 radical (unpaired) electrons. The second kappa shape index (κ2) is 2.18. The lowest BCUT2D eigenvalue weighted by molar-refractivity contribution is -0.469. The van der Waals surface area contributed by atoms with E-state index in [1.165, 1.54) is 0 Å². The van der Waals surface area contributed by atoms with Crippen molar-refractivity contribution in [1.29, 1.82) is 0 Å². The molecule has 12 heavy (non-hydrogen) atoms. The lowest BCUT2D eigenvalue weighted by atomic mass is 9.84. The van der Waals surface area contributed by atoms with E-state index in [2.05, 4.69) is 9.78 Å². The Morgan fingerprint density at radius 1 is 1.58 bits per heavy atom. The zero-order valence-electron chi connectivity index (χ0n) is 6.70. The van der Waals surface area contributed by atoms with Crippen molar-refractivity contribution >= 4 is 5.97 Å². The summed E-state index contributed by atoms with van der Waals surface area (Å²) in [4.78, 5) is 24.5. The number of carbonyl (C=O) groups excluding carboxylic acids is 1. The fourth-order valence-electron chi connectivity index (χ4n) is 1.89. The smallest absolute Gasteiger partial charge is 0.294 e. The summed E-state index contributed by atoms with van der Waals surface area (Å²) in [5.74, 6) is -1.72. The molecule has 0 bridgehead atoms. The molecule has 0 amide bonds. The molecule has 5 nitrogen and oxygen atoms in total. The van der Waals surface area contributed by atoms with Crippen molar-refractivity contribution < 1.29 is 24.7 Å². The number of rotatable bonds is 1. The molecule has 5 heteroatoms. The van der Waals surface area contributed by atoms with Gasteiger partial charge in [0.15, 0.2) is 0 Å². The summed E-state index contributed by atoms with van der Waals surface area (Å²) in [5, 5.41) is 8.65. The van der Waals surface area contributed by atoms with Crippen molar-refractivity contribution in [3.05, 3.63) is 0 Å². The highest BCUT2D eigenvalue weighted by molar-refractivity contribution is 5.79. The van der Waals surface area contributed by atoms with Crippen molar-refractivity contribution in [2.24, 2.45) is 5.41 Å². The van der Waals surface area contributed by atoms with Crippen LogP contribution in [0, 0.1) is 5.41 Å². The molecule has 0 aromatic rings. The minimum absolute atomic E-state index is 0.464. The third-order valence-corrected chi connectivity index (χ3v) is 2.87. The lowest BCUT2D eigenvalue weighted by Gasteiger charge is -2.25. The molecule has 1 aliphatic heterocycles. The summed E-state index contributed by atoms with van der Waals surface area (Å²) in [5.41, 5.74) is -0.845. The third kappa shape index (κ3) is 0.663. The Morgan fingerprint density at radius 3 is 2.92 bits per heavy atom. The molecular formula is C7H10O5. The predicted octanol–water partition coefficient (Wildman–Crippen LogP) is 0.851. The van der Waals surface area contributed by atoms with Crippen LogP contribution in [0.1, 0.15) is 26.2 Å². The summed E-state index contributed by atoms with van der Waals surface area (Å²) in [6.07, 6.45) is 1.88. The van der Waals surface area contributed by atoms with Crippen LogP contribution in [-0.4, -0.2) is 17.0 Å². The van der Waals surface area contributed by atoms with E-state index in [1.54, 1.807) is 6.92 Å². The van der Waals surface area contributed by atoms with Crippen molar-refractivity contribution in [3.63, 3.8) is 0 Å². The largest absolute Gasteiger partial charge is 0.354 e. The molecule has 2 aliphatic rings. The van der Waals surface area contributed by atoms with E-state index in [0.717, 1.165) is 6.42 Å². The number of carbonyl (C=O) groups is 1. The van der Waals surface area contributed by atoms with Gasteiger partial charge in [0, 0.05) is 6.42 Å². The van der Waals surface area contributed by atoms with Crippen LogP contribution < -0.4 is 0 Å². The van der Waals surface area contributed by atoms with E-state index < -0.39 is 17.2 Å². The second-order valence-electron chi connectivity index (χ2n) is 3.48. The molecule has 2 rings (SSSR count). The molecule has 1 N–H and O–H groups in total. The Hall–Kier alpha value is -0.650. The van der Waals surface area contributed by atoms with Crippen LogP contribution in [0.2, 0.25) is 0 Å². The third-order valence-electron chi connectivity index (χ3n) is 2.87. The quantitative estimate of drug-likeness (QED) is 0.471. The van der Waals surface area contributed by atoms with Crippen molar-refractivity contribution in [3.8, 4) is 0 Å². The Balaban J connectivity index is 2.39. The fourth-order valence-corrected chi connectivity index (χ4v) is 1.89. The zero-order valence-corrected chi connectivity index (χ0v) is 6.70. The van der Waals surface area contributed by atoms with Gasteiger partial charge in [0.1, 0.15) is 5.41 Å². The average molecular weight is 174 g/mol. The first-order valence-corrected chi connectivity index (χ1v) is 3.87. The first kappa shape index (κ1) is 7.97. The highest BCUT2D eigenvalue weighted by Gasteiger charge is 2.67. The molecule has 2 atom stereocenters. The van der Waals surface area contributed by atoms with Gasteiger partial charge in [0.25, 0.3) is 5.79 Å². The van der Waals surface area contributed by atoms with Crippen LogP contribution in [0.5, 0.6) is 0 Å². The van der Waals surface area contributed by atoms with Gasteiger partial charge in [-0.25, -0.2) is 10.1 Å². The SMILES string of the molecule is C[C@]12CCC[C@]1(OO)OOC2=O. The molecule has 0 spiro atoms. The monoisotopic (exact) mass is 174 g/mol. The molecule has 1 saturated carbocycles. The van der Waals surface area contributed by atoms with Crippen LogP contribution in [0.25, 0.3) is 0 Å². The van der Waals surface area contributed by atoms with Gasteiger partial charge in [-0.1, -0.05) is 0 Å². The molecule has 68 valence electrons. The standard InChI is InChI=1S/C7H10O5/c1-6-3-2-4-7(6,11-9)12-10-5(6)8/h9H,2-4H2,1H3/t6-,7+/m1/s1. The maximum Gasteiger partial charge on any atom is 0.354 e. The van der Waals surface area contributed by atoms with Crippen LogP contribution in [0.4, 0.5) is 0 Å². The maximum absolute atomic E-state index is 11.2. The first-order valence-electron chi connectivity index (χ1n) is 3.87. The van der Waals surface area contributed by atoms with E-state index >= 15 is 0 Å². The van der Waals surface area contributed by atoms with Crippen LogP contribution in [0.15, 0.2) is 0 Å². The van der Waals surface area contributed by atoms with E-state index in [-0.39, 0.29) is 0 Å². The number of hydrogen-bond acceptors (Lipinski definition) is 5. The Morgan fingerprint density at radius 2 is 2.33 bits per heavy atom. The van der Waals surface area contributed by atoms with Crippen LogP contribution >= 0.6 is 0 Å². The van der Waals surface area contributed by atoms with Crippen molar-refractivity contribution in [2.45, 2.75) is 32.0 Å². The highest BCUT2D eigenvalue weighted by atomic mass is 17.3. The average Bonchev–Trinajstić information content (AvgIpc) is 2.50. The van der Waals surface area contributed by atoms with Gasteiger partial charge < -0.3 is 0 Å². The Kier molecular flexibility index (Phi) is 1.45. The van der Waals surface area contributed by atoms with E-state index in [9.17, 15) is 4.79 Å². The van der Waals surface area contributed by atoms with Gasteiger partial charge in [-0.15, -0.1) is 4.89 Å². The maximum atomic E-state index is 11.2. The Labute approximate surface area is 69.1 Å². The van der Waals surface area contributed by atoms with Gasteiger partial charge in [0.05, 0.1) is 0 Å². The molecule has 0 aromatic carbocycles. The first-order chi connectivity index (χ1) is 5.65. The number of fused-ring (bicyclic) bond motifs is 1. The van der Waals surface area contributed by atoms with E-state index in [0.29, 0.717) is 12.8 Å². The minimum Gasteiger partial charge on any atom is -0.294 e. The summed E-state index contributed by atoms with van der Waals surface area (Å²) in [7, 11) is 0. The number of hydrogen-bond donors (Lipinski definition) is 1. The lowest BCUT2D eigenvalue weighted by Crippen LogP contribution is -2.43. The molecule has 1 saturated heterocycles. The molecule has 0 aromatic heterocycles. The van der Waals surface area contributed by atoms with Gasteiger partial charge in [-0.3, -0.25) is 4.89 Å². The van der Waals surface area contributed by atoms with Gasteiger partial charge in [0.2, 0.25) is 0 Å². The fraction of sp³-hybridized carbons (Fsp3) is 0.857. The topological polar surface area (TPSA) is 65.0 Å².